The van der Waals surface area contributed by atoms with Crippen LogP contribution in [0.5, 0.6) is 0 Å². The summed E-state index contributed by atoms with van der Waals surface area (Å²) in [7, 11) is 0. The molecule has 0 radical (unpaired) electrons. The molecule has 2 rings (SSSR count). The summed E-state index contributed by atoms with van der Waals surface area (Å²) in [6.07, 6.45) is 2.59. The third-order valence-electron chi connectivity index (χ3n) is 4.99. The fourth-order valence-corrected chi connectivity index (χ4v) is 3.64. The molecule has 0 saturated heterocycles. The van der Waals surface area contributed by atoms with Crippen molar-refractivity contribution in [2.24, 2.45) is 0 Å². The Labute approximate surface area is 162 Å². The molecular weight excluding hydrogens is 344 g/mol. The van der Waals surface area contributed by atoms with Crippen LogP contribution in [0.2, 0.25) is 0 Å². The molecule has 0 unspecified atom stereocenters. The van der Waals surface area contributed by atoms with Gasteiger partial charge in [-0.2, -0.15) is 0 Å². The van der Waals surface area contributed by atoms with E-state index in [9.17, 15) is 9.59 Å². The molecule has 0 amide bonds. The third kappa shape index (κ3) is 5.80. The van der Waals surface area contributed by atoms with Crippen LogP contribution in [0.4, 0.5) is 0 Å². The molecule has 150 valence electrons. The average molecular weight is 376 g/mol. The van der Waals surface area contributed by atoms with Gasteiger partial charge < -0.3 is 14.2 Å². The molecular formula is C22H32O5. The van der Waals surface area contributed by atoms with E-state index in [0.29, 0.717) is 25.7 Å². The van der Waals surface area contributed by atoms with Crippen molar-refractivity contribution in [3.05, 3.63) is 34.9 Å². The van der Waals surface area contributed by atoms with Gasteiger partial charge in [0.05, 0.1) is 25.2 Å². The van der Waals surface area contributed by atoms with E-state index in [-0.39, 0.29) is 25.2 Å². The quantitative estimate of drug-likeness (QED) is 0.672. The maximum absolute atomic E-state index is 12.6. The number of carbonyl (C=O) groups excluding carboxylic acids is 2. The van der Waals surface area contributed by atoms with Gasteiger partial charge in [-0.1, -0.05) is 23.8 Å². The van der Waals surface area contributed by atoms with Gasteiger partial charge in [-0.3, -0.25) is 4.79 Å². The van der Waals surface area contributed by atoms with Gasteiger partial charge >= 0.3 is 11.9 Å². The van der Waals surface area contributed by atoms with E-state index in [4.69, 9.17) is 14.2 Å². The van der Waals surface area contributed by atoms with E-state index in [1.54, 1.807) is 6.92 Å². The Morgan fingerprint density at radius 1 is 1.19 bits per heavy atom. The highest BCUT2D eigenvalue weighted by Crippen LogP contribution is 2.35. The number of rotatable bonds is 7. The summed E-state index contributed by atoms with van der Waals surface area (Å²) >= 11 is 0. The lowest BCUT2D eigenvalue weighted by atomic mass is 9.82. The first-order valence-corrected chi connectivity index (χ1v) is 9.86. The van der Waals surface area contributed by atoms with E-state index < -0.39 is 17.5 Å². The summed E-state index contributed by atoms with van der Waals surface area (Å²) in [5.41, 5.74) is 1.92. The number of carbonyl (C=O) groups is 2. The topological polar surface area (TPSA) is 61.8 Å². The minimum atomic E-state index is -1.19. The second kappa shape index (κ2) is 9.36. The summed E-state index contributed by atoms with van der Waals surface area (Å²) in [6, 6.07) is 5.96. The van der Waals surface area contributed by atoms with Gasteiger partial charge in [0.2, 0.25) is 5.60 Å². The van der Waals surface area contributed by atoms with Crippen LogP contribution >= 0.6 is 0 Å². The van der Waals surface area contributed by atoms with E-state index in [1.807, 2.05) is 45.9 Å². The zero-order valence-electron chi connectivity index (χ0n) is 17.2. The maximum Gasteiger partial charge on any atom is 0.350 e. The van der Waals surface area contributed by atoms with Gasteiger partial charge in [0.15, 0.2) is 0 Å². The van der Waals surface area contributed by atoms with E-state index in [0.717, 1.165) is 16.7 Å². The van der Waals surface area contributed by atoms with Gasteiger partial charge in [-0.15, -0.1) is 0 Å². The Bertz CT molecular complexity index is 657. The zero-order valence-corrected chi connectivity index (χ0v) is 17.2. The molecule has 0 atom stereocenters. The largest absolute Gasteiger partial charge is 0.463 e. The molecule has 0 bridgehead atoms. The average Bonchev–Trinajstić information content (AvgIpc) is 2.59. The molecule has 0 aliphatic heterocycles. The van der Waals surface area contributed by atoms with Gasteiger partial charge in [-0.05, 0) is 58.6 Å². The van der Waals surface area contributed by atoms with Crippen molar-refractivity contribution < 1.29 is 23.8 Å². The lowest BCUT2D eigenvalue weighted by Crippen LogP contribution is -2.49. The predicted octanol–water partition coefficient (Wildman–Crippen LogP) is 4.06. The molecule has 0 heterocycles. The van der Waals surface area contributed by atoms with Crippen LogP contribution in [-0.2, 0) is 30.2 Å². The maximum atomic E-state index is 12.6. The molecule has 1 aliphatic carbocycles. The fraction of sp³-hybridized carbons (Fsp3) is 0.636. The smallest absolute Gasteiger partial charge is 0.350 e. The van der Waals surface area contributed by atoms with Crippen molar-refractivity contribution in [2.75, 3.05) is 6.61 Å². The molecule has 5 nitrogen and oxygen atoms in total. The fourth-order valence-electron chi connectivity index (χ4n) is 3.64. The highest BCUT2D eigenvalue weighted by atomic mass is 16.6. The number of aryl methyl sites for hydroxylation is 2. The Morgan fingerprint density at radius 3 is 2.41 bits per heavy atom. The van der Waals surface area contributed by atoms with Crippen LogP contribution in [0.25, 0.3) is 0 Å². The van der Waals surface area contributed by atoms with Crippen molar-refractivity contribution in [1.29, 1.82) is 0 Å². The number of hydrogen-bond donors (Lipinski definition) is 0. The summed E-state index contributed by atoms with van der Waals surface area (Å²) < 4.78 is 16.9. The van der Waals surface area contributed by atoms with Crippen LogP contribution in [0.1, 0.15) is 63.1 Å². The van der Waals surface area contributed by atoms with Crippen LogP contribution in [0, 0.1) is 13.8 Å². The minimum absolute atomic E-state index is 0.0885. The molecule has 1 aromatic carbocycles. The lowest BCUT2D eigenvalue weighted by Gasteiger charge is -2.37. The van der Waals surface area contributed by atoms with Gasteiger partial charge in [0.25, 0.3) is 0 Å². The summed E-state index contributed by atoms with van der Waals surface area (Å²) in [4.78, 5) is 25.2. The first-order valence-electron chi connectivity index (χ1n) is 9.86. The first kappa shape index (κ1) is 21.4. The highest BCUT2D eigenvalue weighted by Gasteiger charge is 2.47. The molecule has 27 heavy (non-hydrogen) atoms. The van der Waals surface area contributed by atoms with Crippen molar-refractivity contribution in [1.82, 2.24) is 0 Å². The third-order valence-corrected chi connectivity index (χ3v) is 4.99. The Kier molecular flexibility index (Phi) is 7.42. The second-order valence-electron chi connectivity index (χ2n) is 7.68. The summed E-state index contributed by atoms with van der Waals surface area (Å²) in [6.45, 7) is 10.0. The van der Waals surface area contributed by atoms with Gasteiger partial charge in [-0.25, -0.2) is 4.79 Å². The van der Waals surface area contributed by atoms with Crippen molar-refractivity contribution in [3.8, 4) is 0 Å². The number of esters is 2. The van der Waals surface area contributed by atoms with Gasteiger partial charge in [0, 0.05) is 12.8 Å². The molecule has 5 heteroatoms. The first-order chi connectivity index (χ1) is 12.8. The molecule has 0 aromatic heterocycles. The standard InChI is InChI=1S/C22H32O5/c1-6-25-21(24)22(11-9-19(10-12-22)26-15(2)3)27-20(23)14-18-8-7-16(4)13-17(18)5/h7-8,13,15,19H,6,9-12,14H2,1-5H3. The van der Waals surface area contributed by atoms with Crippen LogP contribution in [0.15, 0.2) is 18.2 Å². The van der Waals surface area contributed by atoms with Gasteiger partial charge in [0.1, 0.15) is 0 Å². The molecule has 1 aromatic rings. The molecule has 0 N–H and O–H groups in total. The Morgan fingerprint density at radius 2 is 1.85 bits per heavy atom. The number of hydrogen-bond acceptors (Lipinski definition) is 5. The van der Waals surface area contributed by atoms with Crippen LogP contribution < -0.4 is 0 Å². The molecule has 1 aliphatic rings. The van der Waals surface area contributed by atoms with Crippen molar-refractivity contribution in [3.63, 3.8) is 0 Å². The zero-order chi connectivity index (χ0) is 20.0. The van der Waals surface area contributed by atoms with Crippen LogP contribution in [-0.4, -0.2) is 36.4 Å². The van der Waals surface area contributed by atoms with Crippen molar-refractivity contribution >= 4 is 11.9 Å². The second-order valence-corrected chi connectivity index (χ2v) is 7.68. The monoisotopic (exact) mass is 376 g/mol. The number of benzene rings is 1. The van der Waals surface area contributed by atoms with E-state index in [2.05, 4.69) is 0 Å². The molecule has 1 saturated carbocycles. The normalized spacial score (nSPS) is 22.5. The Balaban J connectivity index is 2.08. The number of ether oxygens (including phenoxy) is 3. The highest BCUT2D eigenvalue weighted by molar-refractivity contribution is 5.84. The lowest BCUT2D eigenvalue weighted by molar-refractivity contribution is -0.190. The SMILES string of the molecule is CCOC(=O)C1(OC(=O)Cc2ccc(C)cc2C)CCC(OC(C)C)CC1. The van der Waals surface area contributed by atoms with Crippen molar-refractivity contribution in [2.45, 2.75) is 84.5 Å². The van der Waals surface area contributed by atoms with E-state index in [1.165, 1.54) is 0 Å². The summed E-state index contributed by atoms with van der Waals surface area (Å²) in [5, 5.41) is 0. The molecule has 0 spiro atoms. The Hall–Kier alpha value is -1.88. The predicted molar refractivity (Wildman–Crippen MR) is 104 cm³/mol. The minimum Gasteiger partial charge on any atom is -0.463 e. The summed E-state index contributed by atoms with van der Waals surface area (Å²) in [5.74, 6) is -0.833. The molecule has 1 fully saturated rings. The van der Waals surface area contributed by atoms with E-state index >= 15 is 0 Å². The van der Waals surface area contributed by atoms with Crippen LogP contribution in [0.3, 0.4) is 0 Å².